The van der Waals surface area contributed by atoms with E-state index in [4.69, 9.17) is 0 Å². The largest absolute Gasteiger partial charge is 0.293 e. The lowest BCUT2D eigenvalue weighted by atomic mass is 9.72. The van der Waals surface area contributed by atoms with Gasteiger partial charge in [0, 0.05) is 17.3 Å². The molecule has 2 aromatic carbocycles. The van der Waals surface area contributed by atoms with Crippen molar-refractivity contribution in [2.45, 2.75) is 6.92 Å². The summed E-state index contributed by atoms with van der Waals surface area (Å²) in [6.45, 7) is 1.79. The molecule has 31 heavy (non-hydrogen) atoms. The van der Waals surface area contributed by atoms with Gasteiger partial charge in [0.2, 0.25) is 0 Å². The third kappa shape index (κ3) is 3.17. The van der Waals surface area contributed by atoms with Crippen molar-refractivity contribution >= 4 is 35.1 Å². The average molecular weight is 409 g/mol. The summed E-state index contributed by atoms with van der Waals surface area (Å²) in [4.78, 5) is 43.0. The number of Topliss-reactive ketones (excluding diaryl/α,β-unsaturated/α-hetero) is 2. The summed E-state index contributed by atoms with van der Waals surface area (Å²) in [6.07, 6.45) is 6.75. The number of para-hydroxylation sites is 1. The van der Waals surface area contributed by atoms with Crippen LogP contribution in [0.4, 0.5) is 5.69 Å². The van der Waals surface area contributed by atoms with Gasteiger partial charge in [0.1, 0.15) is 5.92 Å². The van der Waals surface area contributed by atoms with Gasteiger partial charge in [-0.1, -0.05) is 48.5 Å². The van der Waals surface area contributed by atoms with Crippen LogP contribution in [-0.4, -0.2) is 29.4 Å². The molecule has 5 rings (SSSR count). The topological polar surface area (TPSA) is 79.2 Å². The van der Waals surface area contributed by atoms with Crippen LogP contribution in [0.5, 0.6) is 0 Å². The summed E-state index contributed by atoms with van der Waals surface area (Å²) in [7, 11) is 0. The number of nitrogens with zero attached hydrogens (tertiary/aromatic N) is 3. The van der Waals surface area contributed by atoms with Crippen molar-refractivity contribution in [3.8, 4) is 0 Å². The highest BCUT2D eigenvalue weighted by Crippen LogP contribution is 2.35. The molecular formula is C25H19N3O3. The number of hydrogen-bond acceptors (Lipinski definition) is 5. The highest BCUT2D eigenvalue weighted by Gasteiger charge is 2.40. The first-order valence-corrected chi connectivity index (χ1v) is 10.1. The second-order valence-electron chi connectivity index (χ2n) is 7.76. The molecule has 1 heterocycles. The van der Waals surface area contributed by atoms with Crippen molar-refractivity contribution in [3.63, 3.8) is 0 Å². The monoisotopic (exact) mass is 409 g/mol. The molecule has 6 heteroatoms. The van der Waals surface area contributed by atoms with Crippen molar-refractivity contribution in [3.05, 3.63) is 89.6 Å². The van der Waals surface area contributed by atoms with E-state index in [1.807, 2.05) is 30.3 Å². The van der Waals surface area contributed by atoms with E-state index >= 15 is 0 Å². The lowest BCUT2D eigenvalue weighted by Crippen LogP contribution is -2.35. The standard InChI is InChI=1S/C25H19N3O3/c1-15-22(25(31)28(27-15)17-7-3-2-4-8-17)14-26-16-11-12-20-21(13-16)24(30)19-10-6-5-9-18(19)23(20)29/h2-14,20-22H,1H3/t20-,21-,22-/m1/s1. The number of anilines is 1. The van der Waals surface area contributed by atoms with E-state index in [9.17, 15) is 14.4 Å². The molecule has 0 spiro atoms. The van der Waals surface area contributed by atoms with Gasteiger partial charge in [0.25, 0.3) is 5.91 Å². The van der Waals surface area contributed by atoms with Crippen LogP contribution in [0.25, 0.3) is 0 Å². The van der Waals surface area contributed by atoms with Crippen LogP contribution in [-0.2, 0) is 4.79 Å². The highest BCUT2D eigenvalue weighted by atomic mass is 16.2. The van der Waals surface area contributed by atoms with Gasteiger partial charge < -0.3 is 0 Å². The lowest BCUT2D eigenvalue weighted by Gasteiger charge is -2.29. The number of hydrazone groups is 1. The lowest BCUT2D eigenvalue weighted by molar-refractivity contribution is -0.118. The summed E-state index contributed by atoms with van der Waals surface area (Å²) in [5, 5.41) is 5.75. The molecule has 152 valence electrons. The Labute approximate surface area is 179 Å². The number of allylic oxidation sites excluding steroid dienone is 3. The molecule has 0 saturated carbocycles. The van der Waals surface area contributed by atoms with Gasteiger partial charge in [0.05, 0.1) is 28.9 Å². The SMILES string of the molecule is CC1=NN(c2ccccc2)C(=O)[C@@H]1C=NC1=C[C@H]2C(=O)c3ccccc3C(=O)[C@@H]2C=C1. The molecule has 2 aromatic rings. The second kappa shape index (κ2) is 7.40. The zero-order valence-corrected chi connectivity index (χ0v) is 16.8. The molecule has 1 aliphatic heterocycles. The van der Waals surface area contributed by atoms with E-state index < -0.39 is 17.8 Å². The maximum absolute atomic E-state index is 12.9. The highest BCUT2D eigenvalue weighted by molar-refractivity contribution is 6.23. The van der Waals surface area contributed by atoms with Crippen LogP contribution in [0.3, 0.4) is 0 Å². The molecule has 3 atom stereocenters. The van der Waals surface area contributed by atoms with Crippen molar-refractivity contribution in [1.82, 2.24) is 0 Å². The predicted octanol–water partition coefficient (Wildman–Crippen LogP) is 3.86. The molecule has 0 aromatic heterocycles. The molecule has 6 nitrogen and oxygen atoms in total. The first-order chi connectivity index (χ1) is 15.0. The Morgan fingerprint density at radius 3 is 2.26 bits per heavy atom. The van der Waals surface area contributed by atoms with E-state index in [0.29, 0.717) is 28.2 Å². The van der Waals surface area contributed by atoms with E-state index in [1.54, 1.807) is 55.6 Å². The minimum Gasteiger partial charge on any atom is -0.293 e. The van der Waals surface area contributed by atoms with Crippen molar-refractivity contribution in [1.29, 1.82) is 0 Å². The van der Waals surface area contributed by atoms with Gasteiger partial charge >= 0.3 is 0 Å². The maximum Gasteiger partial charge on any atom is 0.261 e. The Morgan fingerprint density at radius 1 is 0.903 bits per heavy atom. The van der Waals surface area contributed by atoms with Crippen LogP contribution in [0, 0.1) is 17.8 Å². The molecule has 0 radical (unpaired) electrons. The fourth-order valence-electron chi connectivity index (χ4n) is 4.18. The van der Waals surface area contributed by atoms with E-state index in [1.165, 1.54) is 5.01 Å². The Morgan fingerprint density at radius 2 is 1.55 bits per heavy atom. The summed E-state index contributed by atoms with van der Waals surface area (Å²) in [6, 6.07) is 16.1. The Kier molecular flexibility index (Phi) is 4.55. The van der Waals surface area contributed by atoms with Crippen LogP contribution < -0.4 is 5.01 Å². The molecule has 0 N–H and O–H groups in total. The van der Waals surface area contributed by atoms with Gasteiger partial charge in [-0.15, -0.1) is 0 Å². The normalized spacial score (nSPS) is 24.9. The molecular weight excluding hydrogens is 390 g/mol. The molecule has 0 saturated heterocycles. The quantitative estimate of drug-likeness (QED) is 0.722. The van der Waals surface area contributed by atoms with Crippen molar-refractivity contribution in [2.75, 3.05) is 5.01 Å². The van der Waals surface area contributed by atoms with E-state index in [0.717, 1.165) is 0 Å². The van der Waals surface area contributed by atoms with Gasteiger partial charge in [-0.05, 0) is 31.2 Å². The van der Waals surface area contributed by atoms with Crippen LogP contribution in [0.15, 0.2) is 88.6 Å². The fourth-order valence-corrected chi connectivity index (χ4v) is 4.18. The number of carbonyl (C=O) groups excluding carboxylic acids is 3. The molecule has 0 unspecified atom stereocenters. The zero-order valence-electron chi connectivity index (χ0n) is 16.8. The first-order valence-electron chi connectivity index (χ1n) is 10.1. The number of ketones is 2. The molecule has 0 bridgehead atoms. The average Bonchev–Trinajstić information content (AvgIpc) is 3.09. The Bertz CT molecular complexity index is 1220. The zero-order chi connectivity index (χ0) is 21.5. The second-order valence-corrected chi connectivity index (χ2v) is 7.76. The predicted molar refractivity (Wildman–Crippen MR) is 118 cm³/mol. The fraction of sp³-hybridized carbons (Fsp3) is 0.160. The van der Waals surface area contributed by atoms with Crippen molar-refractivity contribution in [2.24, 2.45) is 27.8 Å². The number of carbonyl (C=O) groups is 3. The minimum absolute atomic E-state index is 0.0526. The summed E-state index contributed by atoms with van der Waals surface area (Å²) >= 11 is 0. The summed E-state index contributed by atoms with van der Waals surface area (Å²) in [5.74, 6) is -1.97. The van der Waals surface area contributed by atoms with Crippen molar-refractivity contribution < 1.29 is 14.4 Å². The molecule has 1 amide bonds. The van der Waals surface area contributed by atoms with E-state index in [2.05, 4.69) is 10.1 Å². The van der Waals surface area contributed by atoms with Gasteiger partial charge in [-0.25, -0.2) is 0 Å². The minimum atomic E-state index is -0.575. The smallest absolute Gasteiger partial charge is 0.261 e. The number of benzene rings is 2. The van der Waals surface area contributed by atoms with Crippen LogP contribution >= 0.6 is 0 Å². The summed E-state index contributed by atoms with van der Waals surface area (Å²) in [5.41, 5.74) is 2.83. The number of amides is 1. The third-order valence-electron chi connectivity index (χ3n) is 5.83. The van der Waals surface area contributed by atoms with Crippen LogP contribution in [0.2, 0.25) is 0 Å². The van der Waals surface area contributed by atoms with Crippen LogP contribution in [0.1, 0.15) is 27.6 Å². The third-order valence-corrected chi connectivity index (χ3v) is 5.83. The number of fused-ring (bicyclic) bond motifs is 2. The number of aliphatic imine (C=N–C) groups is 1. The first kappa shape index (κ1) is 19.1. The molecule has 2 aliphatic carbocycles. The maximum atomic E-state index is 12.9. The Hall–Kier alpha value is -3.93. The van der Waals surface area contributed by atoms with Gasteiger partial charge in [-0.2, -0.15) is 10.1 Å². The van der Waals surface area contributed by atoms with Gasteiger partial charge in [-0.3, -0.25) is 19.4 Å². The molecule has 0 fully saturated rings. The number of rotatable bonds is 3. The summed E-state index contributed by atoms with van der Waals surface area (Å²) < 4.78 is 0. The number of hydrogen-bond donors (Lipinski definition) is 0. The Balaban J connectivity index is 1.38. The van der Waals surface area contributed by atoms with E-state index in [-0.39, 0.29) is 17.5 Å². The molecule has 3 aliphatic rings. The van der Waals surface area contributed by atoms with Gasteiger partial charge in [0.15, 0.2) is 11.6 Å².